The Morgan fingerprint density at radius 2 is 2.25 bits per heavy atom. The van der Waals surface area contributed by atoms with Crippen LogP contribution in [0.15, 0.2) is 0 Å². The smallest absolute Gasteiger partial charge is 0.327 e. The number of thioether (sulfide) groups is 1. The summed E-state index contributed by atoms with van der Waals surface area (Å²) in [6, 6.07) is -0.847. The molecule has 16 heavy (non-hydrogen) atoms. The van der Waals surface area contributed by atoms with Crippen LogP contribution in [-0.2, 0) is 4.79 Å². The molecule has 0 radical (unpaired) electrons. The number of urea groups is 1. The van der Waals surface area contributed by atoms with Crippen molar-refractivity contribution in [2.75, 3.05) is 31.6 Å². The second kappa shape index (κ2) is 5.98. The molecule has 1 saturated heterocycles. The van der Waals surface area contributed by atoms with E-state index in [2.05, 4.69) is 0 Å². The molecule has 1 atom stereocenters. The van der Waals surface area contributed by atoms with Crippen molar-refractivity contribution in [3.8, 4) is 0 Å². The van der Waals surface area contributed by atoms with Crippen molar-refractivity contribution in [3.63, 3.8) is 0 Å². The number of hydrogen-bond acceptors (Lipinski definition) is 3. The van der Waals surface area contributed by atoms with E-state index in [4.69, 9.17) is 5.11 Å². The van der Waals surface area contributed by atoms with Gasteiger partial charge in [-0.25, -0.2) is 9.59 Å². The van der Waals surface area contributed by atoms with Crippen molar-refractivity contribution in [2.45, 2.75) is 19.4 Å². The van der Waals surface area contributed by atoms with Crippen LogP contribution in [0.25, 0.3) is 0 Å². The van der Waals surface area contributed by atoms with Gasteiger partial charge in [-0.15, -0.1) is 0 Å². The molecule has 1 rings (SSSR count). The third-order valence-corrected chi connectivity index (χ3v) is 3.57. The molecule has 1 aliphatic rings. The number of carbonyl (C=O) groups excluding carboxylic acids is 1. The van der Waals surface area contributed by atoms with Gasteiger partial charge in [0, 0.05) is 31.6 Å². The minimum atomic E-state index is -0.912. The number of carboxylic acid groups (broad SMARTS) is 1. The number of nitrogens with zero attached hydrogens (tertiary/aromatic N) is 2. The summed E-state index contributed by atoms with van der Waals surface area (Å²) in [5.41, 5.74) is 0. The first-order valence-electron chi connectivity index (χ1n) is 5.40. The van der Waals surface area contributed by atoms with E-state index >= 15 is 0 Å². The van der Waals surface area contributed by atoms with Crippen molar-refractivity contribution >= 4 is 23.8 Å². The quantitative estimate of drug-likeness (QED) is 0.805. The Hall–Kier alpha value is -0.910. The average Bonchev–Trinajstić information content (AvgIpc) is 2.28. The lowest BCUT2D eigenvalue weighted by molar-refractivity contribution is -0.141. The summed E-state index contributed by atoms with van der Waals surface area (Å²) in [5, 5.41) is 9.04. The van der Waals surface area contributed by atoms with Gasteiger partial charge in [-0.3, -0.25) is 0 Å². The molecule has 0 spiro atoms. The van der Waals surface area contributed by atoms with E-state index in [1.54, 1.807) is 23.7 Å². The molecule has 5 nitrogen and oxygen atoms in total. The first kappa shape index (κ1) is 13.2. The highest BCUT2D eigenvalue weighted by Crippen LogP contribution is 2.18. The topological polar surface area (TPSA) is 60.9 Å². The first-order valence-corrected chi connectivity index (χ1v) is 6.55. The Morgan fingerprint density at radius 1 is 1.56 bits per heavy atom. The second-order valence-corrected chi connectivity index (χ2v) is 4.98. The Morgan fingerprint density at radius 3 is 2.81 bits per heavy atom. The maximum atomic E-state index is 12.0. The van der Waals surface area contributed by atoms with Crippen molar-refractivity contribution in [1.29, 1.82) is 0 Å². The van der Waals surface area contributed by atoms with Crippen molar-refractivity contribution in [1.82, 2.24) is 9.80 Å². The molecule has 0 aromatic rings. The zero-order chi connectivity index (χ0) is 12.1. The standard InChI is InChI=1S/C10H18N2O3S/c1-3-4-11(2)10(15)12-5-6-16-7-8(12)9(13)14/h8H,3-7H2,1-2H3,(H,13,14). The average molecular weight is 246 g/mol. The molecule has 1 unspecified atom stereocenters. The molecular weight excluding hydrogens is 228 g/mol. The number of rotatable bonds is 3. The summed E-state index contributed by atoms with van der Waals surface area (Å²) in [7, 11) is 1.71. The van der Waals surface area contributed by atoms with E-state index in [1.807, 2.05) is 6.92 Å². The van der Waals surface area contributed by atoms with Crippen LogP contribution >= 0.6 is 11.8 Å². The lowest BCUT2D eigenvalue weighted by Gasteiger charge is -2.35. The zero-order valence-electron chi connectivity index (χ0n) is 9.68. The first-order chi connectivity index (χ1) is 7.57. The molecule has 1 heterocycles. The van der Waals surface area contributed by atoms with Gasteiger partial charge >= 0.3 is 12.0 Å². The van der Waals surface area contributed by atoms with Crippen molar-refractivity contribution in [2.24, 2.45) is 0 Å². The van der Waals surface area contributed by atoms with Crippen LogP contribution in [0.4, 0.5) is 4.79 Å². The number of aliphatic carboxylic acids is 1. The zero-order valence-corrected chi connectivity index (χ0v) is 10.5. The van der Waals surface area contributed by atoms with E-state index in [-0.39, 0.29) is 6.03 Å². The lowest BCUT2D eigenvalue weighted by atomic mass is 10.3. The van der Waals surface area contributed by atoms with E-state index in [1.165, 1.54) is 4.90 Å². The van der Waals surface area contributed by atoms with Gasteiger partial charge in [-0.1, -0.05) is 6.92 Å². The van der Waals surface area contributed by atoms with Crippen LogP contribution in [0.1, 0.15) is 13.3 Å². The summed E-state index contributed by atoms with van der Waals surface area (Å²) < 4.78 is 0. The highest BCUT2D eigenvalue weighted by Gasteiger charge is 2.33. The molecule has 2 amide bonds. The van der Waals surface area contributed by atoms with Gasteiger partial charge in [0.2, 0.25) is 0 Å². The van der Waals surface area contributed by atoms with E-state index in [0.29, 0.717) is 18.8 Å². The number of carbonyl (C=O) groups is 2. The molecule has 1 N–H and O–H groups in total. The van der Waals surface area contributed by atoms with Gasteiger partial charge in [0.1, 0.15) is 6.04 Å². The Balaban J connectivity index is 2.67. The summed E-state index contributed by atoms with van der Waals surface area (Å²) in [5.74, 6) is 0.390. The van der Waals surface area contributed by atoms with Crippen LogP contribution in [0, 0.1) is 0 Å². The minimum absolute atomic E-state index is 0.172. The third kappa shape index (κ3) is 3.04. The van der Waals surface area contributed by atoms with E-state index in [9.17, 15) is 9.59 Å². The monoisotopic (exact) mass is 246 g/mol. The Bertz CT molecular complexity index is 273. The molecule has 6 heteroatoms. The maximum Gasteiger partial charge on any atom is 0.327 e. The normalized spacial score (nSPS) is 20.6. The van der Waals surface area contributed by atoms with Gasteiger partial charge in [-0.2, -0.15) is 11.8 Å². The summed E-state index contributed by atoms with van der Waals surface area (Å²) in [6.07, 6.45) is 0.878. The van der Waals surface area contributed by atoms with Crippen LogP contribution in [0.3, 0.4) is 0 Å². The minimum Gasteiger partial charge on any atom is -0.480 e. The summed E-state index contributed by atoms with van der Waals surface area (Å²) in [6.45, 7) is 3.17. The molecular formula is C10H18N2O3S. The SMILES string of the molecule is CCCN(C)C(=O)N1CCSCC1C(=O)O. The summed E-state index contributed by atoms with van der Waals surface area (Å²) >= 11 is 1.58. The van der Waals surface area contributed by atoms with Crippen molar-refractivity contribution in [3.05, 3.63) is 0 Å². The van der Waals surface area contributed by atoms with E-state index in [0.717, 1.165) is 12.2 Å². The van der Waals surface area contributed by atoms with Gasteiger partial charge in [-0.05, 0) is 6.42 Å². The predicted molar refractivity (Wildman–Crippen MR) is 63.8 cm³/mol. The third-order valence-electron chi connectivity index (χ3n) is 2.54. The Labute approximate surface area is 99.8 Å². The largest absolute Gasteiger partial charge is 0.480 e. The fourth-order valence-corrected chi connectivity index (χ4v) is 2.73. The molecule has 0 saturated carbocycles. The van der Waals surface area contributed by atoms with Gasteiger partial charge < -0.3 is 14.9 Å². The van der Waals surface area contributed by atoms with E-state index < -0.39 is 12.0 Å². The molecule has 92 valence electrons. The molecule has 0 bridgehead atoms. The molecule has 0 aromatic heterocycles. The van der Waals surface area contributed by atoms with Gasteiger partial charge in [0.25, 0.3) is 0 Å². The lowest BCUT2D eigenvalue weighted by Crippen LogP contribution is -2.54. The number of carboxylic acids is 1. The van der Waals surface area contributed by atoms with Crippen LogP contribution in [-0.4, -0.2) is 64.6 Å². The number of amides is 2. The number of hydrogen-bond donors (Lipinski definition) is 1. The highest BCUT2D eigenvalue weighted by molar-refractivity contribution is 7.99. The maximum absolute atomic E-state index is 12.0. The Kier molecular flexibility index (Phi) is 4.92. The van der Waals surface area contributed by atoms with Crippen molar-refractivity contribution < 1.29 is 14.7 Å². The summed E-state index contributed by atoms with van der Waals surface area (Å²) in [4.78, 5) is 26.1. The van der Waals surface area contributed by atoms with Crippen LogP contribution in [0.2, 0.25) is 0 Å². The van der Waals surface area contributed by atoms with Gasteiger partial charge in [0.05, 0.1) is 0 Å². The van der Waals surface area contributed by atoms with Gasteiger partial charge in [0.15, 0.2) is 0 Å². The predicted octanol–water partition coefficient (Wildman–Crippen LogP) is 0.950. The fraction of sp³-hybridized carbons (Fsp3) is 0.800. The van der Waals surface area contributed by atoms with Crippen LogP contribution in [0.5, 0.6) is 0 Å². The molecule has 1 aliphatic heterocycles. The fourth-order valence-electron chi connectivity index (χ4n) is 1.69. The van der Waals surface area contributed by atoms with Crippen LogP contribution < -0.4 is 0 Å². The molecule has 1 fully saturated rings. The highest BCUT2D eigenvalue weighted by atomic mass is 32.2. The second-order valence-electron chi connectivity index (χ2n) is 3.83. The molecule has 0 aromatic carbocycles. The molecule has 0 aliphatic carbocycles.